The fourth-order valence-corrected chi connectivity index (χ4v) is 2.17. The van der Waals surface area contributed by atoms with E-state index in [-0.39, 0.29) is 18.4 Å². The Morgan fingerprint density at radius 1 is 1.37 bits per heavy atom. The summed E-state index contributed by atoms with van der Waals surface area (Å²) in [5.74, 6) is 0.439. The average molecular weight is 260 g/mol. The van der Waals surface area contributed by atoms with Gasteiger partial charge in [0.25, 0.3) is 5.91 Å². The number of carbonyl (C=O) groups is 2. The van der Waals surface area contributed by atoms with Gasteiger partial charge in [0, 0.05) is 18.7 Å². The molecule has 2 amide bonds. The van der Waals surface area contributed by atoms with E-state index in [0.29, 0.717) is 19.0 Å². The summed E-state index contributed by atoms with van der Waals surface area (Å²) in [7, 11) is 0. The Bertz CT molecular complexity index is 483. The highest BCUT2D eigenvalue weighted by molar-refractivity contribution is 6.00. The van der Waals surface area contributed by atoms with E-state index in [2.05, 4.69) is 19.2 Å². The van der Waals surface area contributed by atoms with Gasteiger partial charge >= 0.3 is 0 Å². The lowest BCUT2D eigenvalue weighted by molar-refractivity contribution is -0.121. The maximum atomic E-state index is 12.1. The Balaban J connectivity index is 1.85. The van der Waals surface area contributed by atoms with E-state index in [4.69, 9.17) is 0 Å². The van der Waals surface area contributed by atoms with Crippen molar-refractivity contribution in [3.8, 4) is 0 Å². The molecule has 1 aromatic carbocycles. The first-order valence-corrected chi connectivity index (χ1v) is 6.72. The Morgan fingerprint density at radius 2 is 2.11 bits per heavy atom. The summed E-state index contributed by atoms with van der Waals surface area (Å²) < 4.78 is 0. The zero-order valence-corrected chi connectivity index (χ0v) is 11.5. The van der Waals surface area contributed by atoms with Gasteiger partial charge in [0.15, 0.2) is 0 Å². The summed E-state index contributed by atoms with van der Waals surface area (Å²) in [6, 6.07) is 7.51. The smallest absolute Gasteiger partial charge is 0.254 e. The molecule has 0 atom stereocenters. The predicted octanol–water partition coefficient (Wildman–Crippen LogP) is 1.80. The lowest BCUT2D eigenvalue weighted by Gasteiger charge is -2.15. The molecule has 0 radical (unpaired) electrons. The number of nitrogens with zero attached hydrogens (tertiary/aromatic N) is 1. The van der Waals surface area contributed by atoms with Crippen LogP contribution < -0.4 is 5.32 Å². The molecule has 1 aliphatic heterocycles. The minimum Gasteiger partial charge on any atom is -0.355 e. The zero-order chi connectivity index (χ0) is 13.8. The van der Waals surface area contributed by atoms with Crippen LogP contribution in [0.15, 0.2) is 24.3 Å². The molecule has 2 rings (SSSR count). The molecule has 0 bridgehead atoms. The zero-order valence-electron chi connectivity index (χ0n) is 11.5. The normalized spacial score (nSPS) is 13.8. The van der Waals surface area contributed by atoms with Crippen LogP contribution in [-0.4, -0.2) is 29.8 Å². The molecule has 1 aromatic rings. The molecule has 1 N–H and O–H groups in total. The van der Waals surface area contributed by atoms with Gasteiger partial charge in [-0.3, -0.25) is 9.59 Å². The first-order valence-electron chi connectivity index (χ1n) is 6.72. The van der Waals surface area contributed by atoms with Gasteiger partial charge in [0.05, 0.1) is 0 Å². The van der Waals surface area contributed by atoms with Crippen molar-refractivity contribution in [1.82, 2.24) is 10.2 Å². The lowest BCUT2D eigenvalue weighted by atomic mass is 10.1. The Labute approximate surface area is 113 Å². The number of amides is 2. The van der Waals surface area contributed by atoms with Crippen LogP contribution in [0.5, 0.6) is 0 Å². The van der Waals surface area contributed by atoms with Gasteiger partial charge in [-0.2, -0.15) is 0 Å². The van der Waals surface area contributed by atoms with Crippen molar-refractivity contribution in [3.63, 3.8) is 0 Å². The highest BCUT2D eigenvalue weighted by Gasteiger charge is 2.27. The van der Waals surface area contributed by atoms with E-state index in [9.17, 15) is 9.59 Å². The van der Waals surface area contributed by atoms with E-state index in [1.807, 2.05) is 24.3 Å². The Morgan fingerprint density at radius 3 is 2.79 bits per heavy atom. The predicted molar refractivity (Wildman–Crippen MR) is 73.6 cm³/mol. The number of nitrogens with one attached hydrogen (secondary N) is 1. The van der Waals surface area contributed by atoms with Crippen LogP contribution in [0.25, 0.3) is 0 Å². The van der Waals surface area contributed by atoms with Crippen LogP contribution in [0, 0.1) is 5.92 Å². The number of hydrogen-bond donors (Lipinski definition) is 1. The quantitative estimate of drug-likeness (QED) is 0.877. The van der Waals surface area contributed by atoms with Crippen molar-refractivity contribution in [2.45, 2.75) is 26.8 Å². The maximum absolute atomic E-state index is 12.1. The molecule has 0 aromatic heterocycles. The summed E-state index contributed by atoms with van der Waals surface area (Å²) in [6.07, 6.45) is 0.958. The first kappa shape index (κ1) is 13.6. The summed E-state index contributed by atoms with van der Waals surface area (Å²) in [6.45, 7) is 5.59. The van der Waals surface area contributed by atoms with Gasteiger partial charge in [-0.05, 0) is 24.0 Å². The second-order valence-corrected chi connectivity index (χ2v) is 5.35. The van der Waals surface area contributed by atoms with Crippen LogP contribution >= 0.6 is 0 Å². The van der Waals surface area contributed by atoms with Crippen molar-refractivity contribution in [2.24, 2.45) is 5.92 Å². The van der Waals surface area contributed by atoms with Crippen LogP contribution in [0.4, 0.5) is 0 Å². The monoisotopic (exact) mass is 260 g/mol. The van der Waals surface area contributed by atoms with Crippen molar-refractivity contribution < 1.29 is 9.59 Å². The molecule has 0 saturated heterocycles. The molecule has 0 spiro atoms. The van der Waals surface area contributed by atoms with E-state index < -0.39 is 0 Å². The van der Waals surface area contributed by atoms with Crippen LogP contribution in [-0.2, 0) is 11.3 Å². The Hall–Kier alpha value is -1.84. The van der Waals surface area contributed by atoms with Gasteiger partial charge < -0.3 is 10.2 Å². The van der Waals surface area contributed by atoms with Crippen molar-refractivity contribution >= 4 is 11.8 Å². The van der Waals surface area contributed by atoms with Gasteiger partial charge in [0.1, 0.15) is 6.54 Å². The Kier molecular flexibility index (Phi) is 4.20. The van der Waals surface area contributed by atoms with Crippen LogP contribution in [0.1, 0.15) is 36.2 Å². The summed E-state index contributed by atoms with van der Waals surface area (Å²) >= 11 is 0. The number of rotatable bonds is 5. The van der Waals surface area contributed by atoms with Crippen molar-refractivity contribution in [3.05, 3.63) is 35.4 Å². The number of benzene rings is 1. The first-order chi connectivity index (χ1) is 9.08. The largest absolute Gasteiger partial charge is 0.355 e. The average Bonchev–Trinajstić information content (AvgIpc) is 2.66. The molecule has 1 aliphatic rings. The third-order valence-electron chi connectivity index (χ3n) is 3.27. The standard InChI is InChI=1S/C15H20N2O2/c1-11(2)7-8-16-14(18)10-17-9-12-5-3-4-6-13(12)15(17)19/h3-6,11H,7-10H2,1-2H3,(H,16,18). The summed E-state index contributed by atoms with van der Waals surface area (Å²) in [5.41, 5.74) is 1.72. The molecule has 0 aliphatic carbocycles. The molecule has 102 valence electrons. The highest BCUT2D eigenvalue weighted by atomic mass is 16.2. The van der Waals surface area contributed by atoms with Gasteiger partial charge in [-0.15, -0.1) is 0 Å². The van der Waals surface area contributed by atoms with Crippen LogP contribution in [0.3, 0.4) is 0 Å². The van der Waals surface area contributed by atoms with Crippen molar-refractivity contribution in [1.29, 1.82) is 0 Å². The lowest BCUT2D eigenvalue weighted by Crippen LogP contribution is -2.37. The van der Waals surface area contributed by atoms with Gasteiger partial charge in [-0.25, -0.2) is 0 Å². The molecule has 0 unspecified atom stereocenters. The third-order valence-corrected chi connectivity index (χ3v) is 3.27. The fourth-order valence-electron chi connectivity index (χ4n) is 2.17. The summed E-state index contributed by atoms with van der Waals surface area (Å²) in [5, 5.41) is 2.86. The molecule has 1 heterocycles. The topological polar surface area (TPSA) is 49.4 Å². The van der Waals surface area contributed by atoms with Crippen LogP contribution in [0.2, 0.25) is 0 Å². The van der Waals surface area contributed by atoms with E-state index in [1.165, 1.54) is 0 Å². The van der Waals surface area contributed by atoms with E-state index in [0.717, 1.165) is 17.5 Å². The third kappa shape index (κ3) is 3.34. The van der Waals surface area contributed by atoms with E-state index >= 15 is 0 Å². The fraction of sp³-hybridized carbons (Fsp3) is 0.467. The second-order valence-electron chi connectivity index (χ2n) is 5.35. The number of carbonyl (C=O) groups excluding carboxylic acids is 2. The summed E-state index contributed by atoms with van der Waals surface area (Å²) in [4.78, 5) is 25.4. The maximum Gasteiger partial charge on any atom is 0.254 e. The molecule has 4 nitrogen and oxygen atoms in total. The molecular formula is C15H20N2O2. The number of hydrogen-bond acceptors (Lipinski definition) is 2. The van der Waals surface area contributed by atoms with E-state index in [1.54, 1.807) is 4.90 Å². The van der Waals surface area contributed by atoms with Gasteiger partial charge in [0.2, 0.25) is 5.91 Å². The number of fused-ring (bicyclic) bond motifs is 1. The minimum absolute atomic E-state index is 0.0467. The highest BCUT2D eigenvalue weighted by Crippen LogP contribution is 2.21. The molecule has 19 heavy (non-hydrogen) atoms. The van der Waals surface area contributed by atoms with Gasteiger partial charge in [-0.1, -0.05) is 32.0 Å². The SMILES string of the molecule is CC(C)CCNC(=O)CN1Cc2ccccc2C1=O. The molecular weight excluding hydrogens is 240 g/mol. The minimum atomic E-state index is -0.0817. The van der Waals surface area contributed by atoms with Crippen molar-refractivity contribution in [2.75, 3.05) is 13.1 Å². The second kappa shape index (κ2) is 5.87. The molecule has 0 fully saturated rings. The molecule has 0 saturated carbocycles. The molecule has 4 heteroatoms.